The number of aliphatic hydroxyl groups is 1. The van der Waals surface area contributed by atoms with Gasteiger partial charge < -0.3 is 9.52 Å². The lowest BCUT2D eigenvalue weighted by Crippen LogP contribution is -1.94. The van der Waals surface area contributed by atoms with Crippen molar-refractivity contribution in [1.29, 1.82) is 0 Å². The molecule has 80 valence electrons. The van der Waals surface area contributed by atoms with E-state index in [-0.39, 0.29) is 0 Å². The van der Waals surface area contributed by atoms with Gasteiger partial charge >= 0.3 is 0 Å². The second-order valence-electron chi connectivity index (χ2n) is 3.65. The standard InChI is InChI=1S/C13H10O2S/c14-13(10-5-6-16-8-10)12-7-9-3-1-2-4-11(9)15-12/h1-8,13-14H. The van der Waals surface area contributed by atoms with Crippen molar-refractivity contribution in [3.05, 3.63) is 58.5 Å². The van der Waals surface area contributed by atoms with Crippen molar-refractivity contribution < 1.29 is 9.52 Å². The Balaban J connectivity index is 2.06. The minimum Gasteiger partial charge on any atom is -0.458 e. The zero-order valence-electron chi connectivity index (χ0n) is 8.46. The lowest BCUT2D eigenvalue weighted by Gasteiger charge is -2.03. The van der Waals surface area contributed by atoms with Crippen molar-refractivity contribution >= 4 is 22.3 Å². The lowest BCUT2D eigenvalue weighted by molar-refractivity contribution is 0.193. The normalized spacial score (nSPS) is 13.1. The van der Waals surface area contributed by atoms with Gasteiger partial charge in [0.15, 0.2) is 0 Å². The molecule has 0 aliphatic rings. The van der Waals surface area contributed by atoms with Gasteiger partial charge in [-0.1, -0.05) is 18.2 Å². The fraction of sp³-hybridized carbons (Fsp3) is 0.0769. The highest BCUT2D eigenvalue weighted by atomic mass is 32.1. The van der Waals surface area contributed by atoms with E-state index >= 15 is 0 Å². The zero-order valence-corrected chi connectivity index (χ0v) is 9.28. The molecule has 3 aromatic rings. The highest BCUT2D eigenvalue weighted by molar-refractivity contribution is 7.07. The molecule has 1 atom stereocenters. The van der Waals surface area contributed by atoms with Gasteiger partial charge in [0.2, 0.25) is 0 Å². The van der Waals surface area contributed by atoms with Crippen LogP contribution in [0.15, 0.2) is 51.6 Å². The smallest absolute Gasteiger partial charge is 0.138 e. The van der Waals surface area contributed by atoms with E-state index in [0.717, 1.165) is 16.5 Å². The summed E-state index contributed by atoms with van der Waals surface area (Å²) in [6.45, 7) is 0. The first-order valence-electron chi connectivity index (χ1n) is 5.03. The maximum absolute atomic E-state index is 10.1. The van der Waals surface area contributed by atoms with E-state index in [0.29, 0.717) is 5.76 Å². The average Bonchev–Trinajstić information content (AvgIpc) is 2.97. The number of rotatable bonds is 2. The topological polar surface area (TPSA) is 33.4 Å². The number of hydrogen-bond acceptors (Lipinski definition) is 3. The summed E-state index contributed by atoms with van der Waals surface area (Å²) < 4.78 is 5.61. The molecule has 0 radical (unpaired) electrons. The molecule has 2 aromatic heterocycles. The Kier molecular flexibility index (Phi) is 2.27. The molecule has 0 aliphatic carbocycles. The molecule has 0 spiro atoms. The number of thiophene rings is 1. The molecule has 1 unspecified atom stereocenters. The number of aliphatic hydroxyl groups excluding tert-OH is 1. The number of furan rings is 1. The molecule has 0 bridgehead atoms. The van der Waals surface area contributed by atoms with Crippen molar-refractivity contribution in [2.45, 2.75) is 6.10 Å². The van der Waals surface area contributed by atoms with E-state index in [1.807, 2.05) is 47.2 Å². The zero-order chi connectivity index (χ0) is 11.0. The quantitative estimate of drug-likeness (QED) is 0.730. The van der Waals surface area contributed by atoms with Gasteiger partial charge in [-0.3, -0.25) is 0 Å². The lowest BCUT2D eigenvalue weighted by atomic mass is 10.1. The van der Waals surface area contributed by atoms with Crippen molar-refractivity contribution in [3.8, 4) is 0 Å². The number of hydrogen-bond donors (Lipinski definition) is 1. The molecule has 1 aromatic carbocycles. The average molecular weight is 230 g/mol. The Morgan fingerprint density at radius 2 is 2.06 bits per heavy atom. The monoisotopic (exact) mass is 230 g/mol. The molecular formula is C13H10O2S. The Morgan fingerprint density at radius 1 is 1.19 bits per heavy atom. The Labute approximate surface area is 96.8 Å². The SMILES string of the molecule is OC(c1ccsc1)c1cc2ccccc2o1. The summed E-state index contributed by atoms with van der Waals surface area (Å²) >= 11 is 1.57. The molecular weight excluding hydrogens is 220 g/mol. The maximum Gasteiger partial charge on any atom is 0.138 e. The third kappa shape index (κ3) is 1.54. The van der Waals surface area contributed by atoms with Crippen molar-refractivity contribution in [2.75, 3.05) is 0 Å². The fourth-order valence-electron chi connectivity index (χ4n) is 1.73. The molecule has 0 saturated carbocycles. The van der Waals surface area contributed by atoms with E-state index < -0.39 is 6.10 Å². The van der Waals surface area contributed by atoms with Crippen LogP contribution in [0.4, 0.5) is 0 Å². The van der Waals surface area contributed by atoms with Gasteiger partial charge in [0.1, 0.15) is 17.4 Å². The molecule has 16 heavy (non-hydrogen) atoms. The van der Waals surface area contributed by atoms with Crippen LogP contribution in [0.5, 0.6) is 0 Å². The highest BCUT2D eigenvalue weighted by Gasteiger charge is 2.15. The fourth-order valence-corrected chi connectivity index (χ4v) is 2.41. The van der Waals surface area contributed by atoms with Gasteiger partial charge in [-0.2, -0.15) is 11.3 Å². The summed E-state index contributed by atoms with van der Waals surface area (Å²) in [6.07, 6.45) is -0.668. The Hall–Kier alpha value is -1.58. The molecule has 0 fully saturated rings. The third-order valence-corrected chi connectivity index (χ3v) is 3.27. The van der Waals surface area contributed by atoms with Crippen LogP contribution in [0.2, 0.25) is 0 Å². The summed E-state index contributed by atoms with van der Waals surface area (Å²) in [5, 5.41) is 15.0. The minimum atomic E-state index is -0.668. The summed E-state index contributed by atoms with van der Waals surface area (Å²) in [7, 11) is 0. The molecule has 0 saturated heterocycles. The summed E-state index contributed by atoms with van der Waals surface area (Å²) in [4.78, 5) is 0. The van der Waals surface area contributed by atoms with Crippen LogP contribution in [0.25, 0.3) is 11.0 Å². The van der Waals surface area contributed by atoms with Gasteiger partial charge in [-0.05, 0) is 34.5 Å². The Bertz CT molecular complexity index is 562. The second kappa shape index (κ2) is 3.77. The molecule has 2 nitrogen and oxygen atoms in total. The maximum atomic E-state index is 10.1. The molecule has 3 rings (SSSR count). The van der Waals surface area contributed by atoms with Crippen LogP contribution < -0.4 is 0 Å². The molecule has 2 heterocycles. The predicted octanol–water partition coefficient (Wildman–Crippen LogP) is 3.58. The van der Waals surface area contributed by atoms with E-state index in [4.69, 9.17) is 4.42 Å². The first-order chi connectivity index (χ1) is 7.84. The van der Waals surface area contributed by atoms with E-state index in [1.54, 1.807) is 11.3 Å². The summed E-state index contributed by atoms with van der Waals surface area (Å²) in [6, 6.07) is 11.5. The summed E-state index contributed by atoms with van der Waals surface area (Å²) in [5.41, 5.74) is 1.69. The second-order valence-corrected chi connectivity index (χ2v) is 4.43. The number of benzene rings is 1. The van der Waals surface area contributed by atoms with Gasteiger partial charge in [-0.15, -0.1) is 0 Å². The number of fused-ring (bicyclic) bond motifs is 1. The van der Waals surface area contributed by atoms with Crippen LogP contribution in [0, 0.1) is 0 Å². The van der Waals surface area contributed by atoms with Gasteiger partial charge in [0.05, 0.1) is 0 Å². The summed E-state index contributed by atoms with van der Waals surface area (Å²) in [5.74, 6) is 0.597. The molecule has 0 amide bonds. The molecule has 0 aliphatic heterocycles. The van der Waals surface area contributed by atoms with Crippen LogP contribution in [0.3, 0.4) is 0 Å². The first-order valence-corrected chi connectivity index (χ1v) is 5.97. The minimum absolute atomic E-state index is 0.597. The van der Waals surface area contributed by atoms with Crippen molar-refractivity contribution in [3.63, 3.8) is 0 Å². The van der Waals surface area contributed by atoms with Gasteiger partial charge in [0, 0.05) is 5.39 Å². The van der Waals surface area contributed by atoms with Gasteiger partial charge in [0.25, 0.3) is 0 Å². The number of para-hydroxylation sites is 1. The van der Waals surface area contributed by atoms with Crippen molar-refractivity contribution in [2.24, 2.45) is 0 Å². The molecule has 1 N–H and O–H groups in total. The van der Waals surface area contributed by atoms with E-state index in [9.17, 15) is 5.11 Å². The predicted molar refractivity (Wildman–Crippen MR) is 64.6 cm³/mol. The van der Waals surface area contributed by atoms with Crippen molar-refractivity contribution in [1.82, 2.24) is 0 Å². The van der Waals surface area contributed by atoms with E-state index in [1.165, 1.54) is 0 Å². The highest BCUT2D eigenvalue weighted by Crippen LogP contribution is 2.28. The van der Waals surface area contributed by atoms with E-state index in [2.05, 4.69) is 0 Å². The Morgan fingerprint density at radius 3 is 2.81 bits per heavy atom. The third-order valence-electron chi connectivity index (χ3n) is 2.57. The van der Waals surface area contributed by atoms with Gasteiger partial charge in [-0.25, -0.2) is 0 Å². The van der Waals surface area contributed by atoms with Crippen LogP contribution in [0.1, 0.15) is 17.4 Å². The van der Waals surface area contributed by atoms with Crippen LogP contribution >= 0.6 is 11.3 Å². The van der Waals surface area contributed by atoms with Crippen LogP contribution in [-0.2, 0) is 0 Å². The molecule has 3 heteroatoms. The first kappa shape index (κ1) is 9.63. The largest absolute Gasteiger partial charge is 0.458 e. The van der Waals surface area contributed by atoms with Crippen LogP contribution in [-0.4, -0.2) is 5.11 Å².